The van der Waals surface area contributed by atoms with E-state index in [1.54, 1.807) is 35.2 Å². The lowest BCUT2D eigenvalue weighted by molar-refractivity contribution is -0.140. The maximum absolute atomic E-state index is 14.7. The first-order valence-corrected chi connectivity index (χ1v) is 18.4. The minimum Gasteiger partial charge on any atom is -0.352 e. The second-order valence-corrected chi connectivity index (χ2v) is 15.1. The van der Waals surface area contributed by atoms with E-state index in [1.807, 2.05) is 74.5 Å². The van der Waals surface area contributed by atoms with E-state index >= 15 is 0 Å². The number of rotatable bonds is 12. The predicted molar refractivity (Wildman–Crippen MR) is 191 cm³/mol. The van der Waals surface area contributed by atoms with Crippen molar-refractivity contribution >= 4 is 43.5 Å². The first kappa shape index (κ1) is 34.4. The highest BCUT2D eigenvalue weighted by atomic mass is 79.9. The highest BCUT2D eigenvalue weighted by Crippen LogP contribution is 2.27. The summed E-state index contributed by atoms with van der Waals surface area (Å²) in [6, 6.07) is 30.1. The van der Waals surface area contributed by atoms with Gasteiger partial charge < -0.3 is 10.2 Å². The number of hydrogen-bond acceptors (Lipinski definition) is 4. The normalized spacial score (nSPS) is 14.3. The largest absolute Gasteiger partial charge is 0.352 e. The molecule has 2 amide bonds. The van der Waals surface area contributed by atoms with Crippen molar-refractivity contribution in [1.82, 2.24) is 10.2 Å². The lowest BCUT2D eigenvalue weighted by Gasteiger charge is -2.35. The van der Waals surface area contributed by atoms with Gasteiger partial charge in [-0.1, -0.05) is 102 Å². The molecule has 0 aromatic heterocycles. The van der Waals surface area contributed by atoms with Gasteiger partial charge in [-0.3, -0.25) is 13.9 Å². The summed E-state index contributed by atoms with van der Waals surface area (Å²) in [7, 11) is -4.15. The van der Waals surface area contributed by atoms with Crippen LogP contribution in [0.1, 0.15) is 54.4 Å². The van der Waals surface area contributed by atoms with Crippen LogP contribution >= 0.6 is 15.9 Å². The highest BCUT2D eigenvalue weighted by Gasteiger charge is 2.35. The van der Waals surface area contributed by atoms with Crippen molar-refractivity contribution in [2.24, 2.45) is 0 Å². The maximum atomic E-state index is 14.7. The second kappa shape index (κ2) is 15.8. The molecule has 1 saturated carbocycles. The van der Waals surface area contributed by atoms with Gasteiger partial charge in [0.25, 0.3) is 10.0 Å². The number of halogens is 1. The lowest BCUT2D eigenvalue weighted by atomic mass is 9.94. The second-order valence-electron chi connectivity index (χ2n) is 12.4. The molecule has 47 heavy (non-hydrogen) atoms. The molecule has 1 aliphatic rings. The van der Waals surface area contributed by atoms with Gasteiger partial charge in [0.15, 0.2) is 0 Å². The molecule has 1 aliphatic carbocycles. The van der Waals surface area contributed by atoms with Crippen LogP contribution in [-0.4, -0.2) is 43.8 Å². The standard InChI is InChI=1S/C38H42BrN3O4S/c1-28-21-29(2)23-34(22-28)42(47(45,46)35-19-10-5-11-20-35)27-37(43)41(26-31-15-12-16-32(39)24-31)36(25-30-13-6-3-7-14-30)38(44)40-33-17-8-4-9-18-33/h3,5-7,10-16,19-24,33,36H,4,8-9,17-18,25-27H2,1-2H3,(H,40,44). The first-order chi connectivity index (χ1) is 22.6. The van der Waals surface area contributed by atoms with Crippen molar-refractivity contribution in [3.05, 3.63) is 130 Å². The van der Waals surface area contributed by atoms with Crippen LogP contribution in [0, 0.1) is 13.8 Å². The molecule has 1 N–H and O–H groups in total. The first-order valence-electron chi connectivity index (χ1n) is 16.1. The summed E-state index contributed by atoms with van der Waals surface area (Å²) in [4.78, 5) is 30.6. The summed E-state index contributed by atoms with van der Waals surface area (Å²) in [5, 5.41) is 3.25. The van der Waals surface area contributed by atoms with E-state index in [-0.39, 0.29) is 29.8 Å². The van der Waals surface area contributed by atoms with Gasteiger partial charge in [-0.15, -0.1) is 0 Å². The van der Waals surface area contributed by atoms with E-state index in [0.29, 0.717) is 5.69 Å². The summed E-state index contributed by atoms with van der Waals surface area (Å²) in [5.74, 6) is -0.698. The minimum atomic E-state index is -4.15. The van der Waals surface area contributed by atoms with Gasteiger partial charge in [0.2, 0.25) is 11.8 Å². The van der Waals surface area contributed by atoms with Crippen LogP contribution in [0.25, 0.3) is 0 Å². The van der Waals surface area contributed by atoms with Crippen LogP contribution < -0.4 is 9.62 Å². The van der Waals surface area contributed by atoms with Crippen molar-refractivity contribution in [1.29, 1.82) is 0 Å². The number of benzene rings is 4. The average Bonchev–Trinajstić information content (AvgIpc) is 3.06. The van der Waals surface area contributed by atoms with Crippen LogP contribution in [0.2, 0.25) is 0 Å². The quantitative estimate of drug-likeness (QED) is 0.166. The fourth-order valence-corrected chi connectivity index (χ4v) is 8.14. The fourth-order valence-electron chi connectivity index (χ4n) is 6.27. The molecule has 5 rings (SSSR count). The molecular weight excluding hydrogens is 674 g/mol. The Hall–Kier alpha value is -3.95. The van der Waals surface area contributed by atoms with E-state index in [0.717, 1.165) is 58.8 Å². The Bertz CT molecular complexity index is 1760. The van der Waals surface area contributed by atoms with E-state index in [2.05, 4.69) is 21.2 Å². The molecule has 0 heterocycles. The molecule has 1 unspecified atom stereocenters. The highest BCUT2D eigenvalue weighted by molar-refractivity contribution is 9.10. The van der Waals surface area contributed by atoms with Gasteiger partial charge >= 0.3 is 0 Å². The number of aryl methyl sites for hydroxylation is 2. The van der Waals surface area contributed by atoms with Crippen LogP contribution in [0.15, 0.2) is 112 Å². The summed E-state index contributed by atoms with van der Waals surface area (Å²) in [5.41, 5.74) is 3.88. The third kappa shape index (κ3) is 9.11. The molecule has 1 atom stereocenters. The van der Waals surface area contributed by atoms with Gasteiger partial charge in [0.05, 0.1) is 10.6 Å². The Morgan fingerprint density at radius 3 is 2.06 bits per heavy atom. The predicted octanol–water partition coefficient (Wildman–Crippen LogP) is 7.35. The van der Waals surface area contributed by atoms with Gasteiger partial charge in [-0.25, -0.2) is 8.42 Å². The molecular formula is C38H42BrN3O4S. The van der Waals surface area contributed by atoms with Crippen molar-refractivity contribution in [2.45, 2.75) is 75.9 Å². The van der Waals surface area contributed by atoms with Crippen LogP contribution in [0.4, 0.5) is 5.69 Å². The molecule has 0 aliphatic heterocycles. The molecule has 1 fully saturated rings. The topological polar surface area (TPSA) is 86.8 Å². The van der Waals surface area contributed by atoms with Gasteiger partial charge in [0.1, 0.15) is 12.6 Å². The van der Waals surface area contributed by atoms with Crippen molar-refractivity contribution < 1.29 is 18.0 Å². The number of hydrogen-bond donors (Lipinski definition) is 1. The van der Waals surface area contributed by atoms with E-state index < -0.39 is 28.5 Å². The van der Waals surface area contributed by atoms with E-state index in [1.165, 1.54) is 16.4 Å². The molecule has 0 saturated heterocycles. The monoisotopic (exact) mass is 715 g/mol. The Morgan fingerprint density at radius 1 is 0.809 bits per heavy atom. The minimum absolute atomic E-state index is 0.0440. The Labute approximate surface area is 287 Å². The van der Waals surface area contributed by atoms with Gasteiger partial charge in [-0.2, -0.15) is 0 Å². The Kier molecular flexibility index (Phi) is 11.5. The lowest BCUT2D eigenvalue weighted by Crippen LogP contribution is -2.55. The average molecular weight is 717 g/mol. The van der Waals surface area contributed by atoms with Crippen molar-refractivity contribution in [2.75, 3.05) is 10.8 Å². The molecule has 7 nitrogen and oxygen atoms in total. The summed E-state index contributed by atoms with van der Waals surface area (Å²) in [6.07, 6.45) is 5.35. The number of amides is 2. The third-order valence-electron chi connectivity index (χ3n) is 8.57. The van der Waals surface area contributed by atoms with E-state index in [9.17, 15) is 18.0 Å². The number of carbonyl (C=O) groups is 2. The summed E-state index contributed by atoms with van der Waals surface area (Å²) >= 11 is 3.54. The van der Waals surface area contributed by atoms with Crippen LogP contribution in [-0.2, 0) is 32.6 Å². The number of nitrogens with one attached hydrogen (secondary N) is 1. The zero-order valence-corrected chi connectivity index (χ0v) is 29.3. The Balaban J connectivity index is 1.58. The van der Waals surface area contributed by atoms with Gasteiger partial charge in [-0.05, 0) is 85.3 Å². The zero-order valence-electron chi connectivity index (χ0n) is 26.9. The number of anilines is 1. The fraction of sp³-hybridized carbons (Fsp3) is 0.316. The third-order valence-corrected chi connectivity index (χ3v) is 10.9. The van der Waals surface area contributed by atoms with Gasteiger partial charge in [0, 0.05) is 23.5 Å². The van der Waals surface area contributed by atoms with E-state index in [4.69, 9.17) is 0 Å². The number of nitrogens with zero attached hydrogens (tertiary/aromatic N) is 2. The molecule has 0 bridgehead atoms. The van der Waals surface area contributed by atoms with Crippen molar-refractivity contribution in [3.8, 4) is 0 Å². The molecule has 246 valence electrons. The van der Waals surface area contributed by atoms with Crippen LogP contribution in [0.3, 0.4) is 0 Å². The zero-order chi connectivity index (χ0) is 33.4. The van der Waals surface area contributed by atoms with Crippen molar-refractivity contribution in [3.63, 3.8) is 0 Å². The molecule has 9 heteroatoms. The number of sulfonamides is 1. The molecule has 4 aromatic carbocycles. The smallest absolute Gasteiger partial charge is 0.264 e. The Morgan fingerprint density at radius 2 is 1.43 bits per heavy atom. The summed E-state index contributed by atoms with van der Waals surface area (Å²) in [6.45, 7) is 3.45. The van der Waals surface area contributed by atoms with Crippen LogP contribution in [0.5, 0.6) is 0 Å². The molecule has 4 aromatic rings. The number of carbonyl (C=O) groups excluding carboxylic acids is 2. The SMILES string of the molecule is Cc1cc(C)cc(N(CC(=O)N(Cc2cccc(Br)c2)C(Cc2ccccc2)C(=O)NC2CCCCC2)S(=O)(=O)c2ccccc2)c1. The maximum Gasteiger partial charge on any atom is 0.264 e. The molecule has 0 radical (unpaired) electrons. The summed E-state index contributed by atoms with van der Waals surface area (Å²) < 4.78 is 30.5. The molecule has 0 spiro atoms.